The van der Waals surface area contributed by atoms with Gasteiger partial charge in [0, 0.05) is 12.0 Å². The first-order valence-electron chi connectivity index (χ1n) is 3.21. The topological polar surface area (TPSA) is 52.9 Å². The molecule has 0 aromatic heterocycles. The van der Waals surface area contributed by atoms with Crippen molar-refractivity contribution in [2.75, 3.05) is 13.1 Å². The Bertz CT molecular complexity index is 272. The Morgan fingerprint density at radius 1 is 1.82 bits per heavy atom. The second-order valence-electron chi connectivity index (χ2n) is 2.24. The lowest BCUT2D eigenvalue weighted by Gasteiger charge is -2.11. The number of aliphatic carboxylic acids is 1. The van der Waals surface area contributed by atoms with Crippen molar-refractivity contribution in [1.29, 1.82) is 0 Å². The van der Waals surface area contributed by atoms with Crippen molar-refractivity contribution in [2.45, 2.75) is 0 Å². The summed E-state index contributed by atoms with van der Waals surface area (Å²) >= 11 is 1.38. The van der Waals surface area contributed by atoms with Crippen LogP contribution in [0.2, 0.25) is 0 Å². The lowest BCUT2D eigenvalue weighted by molar-refractivity contribution is -0.133. The van der Waals surface area contributed by atoms with E-state index >= 15 is 0 Å². The largest absolute Gasteiger partial charge is 0.477 e. The van der Waals surface area contributed by atoms with Crippen LogP contribution >= 0.6 is 11.8 Å². The lowest BCUT2D eigenvalue weighted by atomic mass is 10.4. The summed E-state index contributed by atoms with van der Waals surface area (Å²) in [6.45, 7) is 1.42. The fraction of sp³-hybridized carbons (Fsp3) is 0.333. The maximum absolute atomic E-state index is 10.6. The standard InChI is InChI=1S/C6H6N2O2S/c9-5(10)4-3-11-6-7-1-2-8(4)6/h3H,1-2H2,(H,9,10). The van der Waals surface area contributed by atoms with Crippen molar-refractivity contribution in [3.05, 3.63) is 11.1 Å². The Labute approximate surface area is 67.6 Å². The van der Waals surface area contributed by atoms with Crippen LogP contribution < -0.4 is 0 Å². The quantitative estimate of drug-likeness (QED) is 0.616. The van der Waals surface area contributed by atoms with Crippen LogP contribution in [-0.2, 0) is 4.79 Å². The fourth-order valence-electron chi connectivity index (χ4n) is 1.09. The molecular weight excluding hydrogens is 164 g/mol. The minimum atomic E-state index is -0.871. The van der Waals surface area contributed by atoms with E-state index in [9.17, 15) is 4.79 Å². The summed E-state index contributed by atoms with van der Waals surface area (Å²) in [6.07, 6.45) is 0. The average molecular weight is 170 g/mol. The molecule has 0 saturated heterocycles. The van der Waals surface area contributed by atoms with Crippen LogP contribution in [0.15, 0.2) is 16.1 Å². The van der Waals surface area contributed by atoms with Gasteiger partial charge in [-0.2, -0.15) is 0 Å². The summed E-state index contributed by atoms with van der Waals surface area (Å²) in [6, 6.07) is 0. The summed E-state index contributed by atoms with van der Waals surface area (Å²) < 4.78 is 0. The van der Waals surface area contributed by atoms with Gasteiger partial charge in [-0.25, -0.2) is 4.79 Å². The Hall–Kier alpha value is -0.970. The van der Waals surface area contributed by atoms with Gasteiger partial charge in [-0.3, -0.25) is 4.99 Å². The summed E-state index contributed by atoms with van der Waals surface area (Å²) in [4.78, 5) is 16.4. The molecule has 0 unspecified atom stereocenters. The number of carbonyl (C=O) groups is 1. The molecule has 1 N–H and O–H groups in total. The van der Waals surface area contributed by atoms with E-state index < -0.39 is 5.97 Å². The van der Waals surface area contributed by atoms with E-state index in [-0.39, 0.29) is 0 Å². The van der Waals surface area contributed by atoms with Gasteiger partial charge in [0.15, 0.2) is 5.17 Å². The van der Waals surface area contributed by atoms with E-state index in [2.05, 4.69) is 4.99 Å². The van der Waals surface area contributed by atoms with Crippen LogP contribution in [0.3, 0.4) is 0 Å². The van der Waals surface area contributed by atoms with E-state index in [0.29, 0.717) is 18.8 Å². The van der Waals surface area contributed by atoms with Crippen LogP contribution in [0, 0.1) is 0 Å². The summed E-state index contributed by atoms with van der Waals surface area (Å²) in [5, 5.41) is 11.1. The molecule has 0 amide bonds. The Kier molecular flexibility index (Phi) is 1.38. The fourth-order valence-corrected chi connectivity index (χ4v) is 2.02. The summed E-state index contributed by atoms with van der Waals surface area (Å²) in [7, 11) is 0. The average Bonchev–Trinajstić information content (AvgIpc) is 2.41. The smallest absolute Gasteiger partial charge is 0.353 e. The SMILES string of the molecule is O=C(O)C1=CSC2=NCCN12. The minimum absolute atomic E-state index is 0.353. The molecule has 0 fully saturated rings. The first kappa shape index (κ1) is 6.72. The third kappa shape index (κ3) is 0.920. The number of aliphatic imine (C=N–C) groups is 1. The van der Waals surface area contributed by atoms with Crippen LogP contribution in [0.5, 0.6) is 0 Å². The number of thioether (sulfide) groups is 1. The highest BCUT2D eigenvalue weighted by molar-refractivity contribution is 8.16. The third-order valence-electron chi connectivity index (χ3n) is 1.59. The normalized spacial score (nSPS) is 21.3. The van der Waals surface area contributed by atoms with E-state index in [1.807, 2.05) is 0 Å². The number of fused-ring (bicyclic) bond motifs is 1. The molecule has 0 aliphatic carbocycles. The van der Waals surface area contributed by atoms with Gasteiger partial charge in [-0.05, 0) is 0 Å². The third-order valence-corrected chi connectivity index (χ3v) is 2.49. The predicted molar refractivity (Wildman–Crippen MR) is 42.3 cm³/mol. The number of carboxylic acids is 1. The Morgan fingerprint density at radius 3 is 3.36 bits per heavy atom. The molecule has 0 saturated carbocycles. The zero-order chi connectivity index (χ0) is 7.84. The first-order chi connectivity index (χ1) is 5.29. The van der Waals surface area contributed by atoms with E-state index in [4.69, 9.17) is 5.11 Å². The van der Waals surface area contributed by atoms with E-state index in [1.165, 1.54) is 11.8 Å². The molecule has 2 rings (SSSR count). The molecule has 58 valence electrons. The molecule has 2 heterocycles. The summed E-state index contributed by atoms with van der Waals surface area (Å²) in [5.74, 6) is -0.871. The van der Waals surface area contributed by atoms with Crippen molar-refractivity contribution in [3.63, 3.8) is 0 Å². The minimum Gasteiger partial charge on any atom is -0.477 e. The van der Waals surface area contributed by atoms with Crippen molar-refractivity contribution in [2.24, 2.45) is 4.99 Å². The van der Waals surface area contributed by atoms with Crippen LogP contribution in [0.1, 0.15) is 0 Å². The van der Waals surface area contributed by atoms with Crippen molar-refractivity contribution in [1.82, 2.24) is 4.90 Å². The van der Waals surface area contributed by atoms with Gasteiger partial charge in [0.25, 0.3) is 0 Å². The number of hydrogen-bond acceptors (Lipinski definition) is 4. The maximum atomic E-state index is 10.6. The Morgan fingerprint density at radius 2 is 2.64 bits per heavy atom. The molecule has 0 radical (unpaired) electrons. The van der Waals surface area contributed by atoms with Crippen molar-refractivity contribution in [3.8, 4) is 0 Å². The van der Waals surface area contributed by atoms with Gasteiger partial charge in [-0.1, -0.05) is 11.8 Å². The van der Waals surface area contributed by atoms with Crippen LogP contribution in [-0.4, -0.2) is 34.2 Å². The van der Waals surface area contributed by atoms with E-state index in [1.54, 1.807) is 10.3 Å². The molecule has 0 atom stereocenters. The number of carboxylic acid groups (broad SMARTS) is 1. The van der Waals surface area contributed by atoms with Crippen molar-refractivity contribution >= 4 is 22.9 Å². The number of rotatable bonds is 1. The molecule has 0 aromatic carbocycles. The number of hydrogen-bond donors (Lipinski definition) is 1. The molecule has 2 aliphatic rings. The monoisotopic (exact) mass is 170 g/mol. The molecule has 5 heteroatoms. The van der Waals surface area contributed by atoms with Gasteiger partial charge in [0.2, 0.25) is 0 Å². The van der Waals surface area contributed by atoms with Crippen LogP contribution in [0.4, 0.5) is 0 Å². The van der Waals surface area contributed by atoms with Gasteiger partial charge in [-0.15, -0.1) is 0 Å². The second kappa shape index (κ2) is 2.27. The Balaban J connectivity index is 2.26. The maximum Gasteiger partial charge on any atom is 0.353 e. The number of nitrogens with zero attached hydrogens (tertiary/aromatic N) is 2. The van der Waals surface area contributed by atoms with Gasteiger partial charge in [0.1, 0.15) is 5.70 Å². The molecule has 2 aliphatic heterocycles. The zero-order valence-corrected chi connectivity index (χ0v) is 6.47. The highest BCUT2D eigenvalue weighted by Crippen LogP contribution is 2.28. The van der Waals surface area contributed by atoms with Crippen LogP contribution in [0.25, 0.3) is 0 Å². The second-order valence-corrected chi connectivity index (χ2v) is 3.08. The molecule has 4 nitrogen and oxygen atoms in total. The molecule has 0 bridgehead atoms. The molecular formula is C6H6N2O2S. The van der Waals surface area contributed by atoms with Crippen molar-refractivity contribution < 1.29 is 9.90 Å². The summed E-state index contributed by atoms with van der Waals surface area (Å²) in [5.41, 5.74) is 0.353. The highest BCUT2D eigenvalue weighted by Gasteiger charge is 2.29. The molecule has 0 aromatic rings. The first-order valence-corrected chi connectivity index (χ1v) is 4.09. The molecule has 0 spiro atoms. The molecule has 11 heavy (non-hydrogen) atoms. The predicted octanol–water partition coefficient (Wildman–Crippen LogP) is 0.331. The lowest BCUT2D eigenvalue weighted by Crippen LogP contribution is -2.25. The van der Waals surface area contributed by atoms with Gasteiger partial charge >= 0.3 is 5.97 Å². The zero-order valence-electron chi connectivity index (χ0n) is 5.65. The van der Waals surface area contributed by atoms with Gasteiger partial charge < -0.3 is 10.0 Å². The van der Waals surface area contributed by atoms with E-state index in [0.717, 1.165) is 5.17 Å². The van der Waals surface area contributed by atoms with Gasteiger partial charge in [0.05, 0.1) is 6.54 Å². The number of amidine groups is 1. The highest BCUT2D eigenvalue weighted by atomic mass is 32.2.